The molecule has 3 amide bonds. The van der Waals surface area contributed by atoms with E-state index in [2.05, 4.69) is 11.4 Å². The fraction of sp³-hybridized carbons (Fsp3) is 0.160. The van der Waals surface area contributed by atoms with E-state index in [4.69, 9.17) is 10.00 Å². The maximum atomic E-state index is 12.8. The molecule has 0 radical (unpaired) electrons. The van der Waals surface area contributed by atoms with Gasteiger partial charge in [0.15, 0.2) is 0 Å². The molecule has 31 heavy (non-hydrogen) atoms. The van der Waals surface area contributed by atoms with Crippen LogP contribution in [0, 0.1) is 18.3 Å². The highest BCUT2D eigenvalue weighted by Crippen LogP contribution is 2.46. The van der Waals surface area contributed by atoms with E-state index < -0.39 is 12.1 Å². The van der Waals surface area contributed by atoms with E-state index in [0.29, 0.717) is 17.7 Å². The van der Waals surface area contributed by atoms with E-state index in [9.17, 15) is 9.59 Å². The van der Waals surface area contributed by atoms with E-state index in [1.165, 1.54) is 4.90 Å². The van der Waals surface area contributed by atoms with Crippen molar-refractivity contribution in [3.63, 3.8) is 0 Å². The maximum Gasteiger partial charge on any atom is 0.329 e. The molecule has 0 saturated carbocycles. The van der Waals surface area contributed by atoms with Crippen LogP contribution in [0.5, 0.6) is 11.5 Å². The molecule has 3 aromatic rings. The van der Waals surface area contributed by atoms with Gasteiger partial charge in [-0.15, -0.1) is 0 Å². The molecule has 1 N–H and O–H groups in total. The van der Waals surface area contributed by atoms with Gasteiger partial charge in [-0.2, -0.15) is 5.26 Å². The monoisotopic (exact) mass is 409 g/mol. The summed E-state index contributed by atoms with van der Waals surface area (Å²) in [5.74, 6) is 1.09. The van der Waals surface area contributed by atoms with Gasteiger partial charge in [-0.1, -0.05) is 36.4 Å². The molecule has 1 saturated heterocycles. The van der Waals surface area contributed by atoms with Crippen molar-refractivity contribution in [2.75, 3.05) is 4.90 Å². The summed E-state index contributed by atoms with van der Waals surface area (Å²) in [6.07, 6.45) is 0.411. The van der Waals surface area contributed by atoms with Crippen LogP contribution in [0.15, 0.2) is 66.7 Å². The van der Waals surface area contributed by atoms with Crippen molar-refractivity contribution in [2.24, 2.45) is 0 Å². The van der Waals surface area contributed by atoms with Crippen molar-refractivity contribution in [1.29, 1.82) is 5.26 Å². The summed E-state index contributed by atoms with van der Waals surface area (Å²) >= 11 is 0. The summed E-state index contributed by atoms with van der Waals surface area (Å²) in [5, 5.41) is 11.6. The Hall–Kier alpha value is -4.11. The highest BCUT2D eigenvalue weighted by molar-refractivity contribution is 6.14. The first-order valence-electron chi connectivity index (χ1n) is 10.1. The van der Waals surface area contributed by atoms with Crippen LogP contribution in [0.25, 0.3) is 0 Å². The minimum atomic E-state index is -0.677. The Morgan fingerprint density at radius 3 is 2.26 bits per heavy atom. The molecule has 6 nitrogen and oxygen atoms in total. The van der Waals surface area contributed by atoms with E-state index in [-0.39, 0.29) is 11.8 Å². The lowest BCUT2D eigenvalue weighted by atomic mass is 9.83. The van der Waals surface area contributed by atoms with Crippen molar-refractivity contribution >= 4 is 17.6 Å². The van der Waals surface area contributed by atoms with Crippen molar-refractivity contribution in [3.8, 4) is 17.6 Å². The number of rotatable bonds is 3. The molecule has 152 valence electrons. The fourth-order valence-corrected chi connectivity index (χ4v) is 4.48. The van der Waals surface area contributed by atoms with Gasteiger partial charge < -0.3 is 4.74 Å². The number of fused-ring (bicyclic) bond motifs is 2. The summed E-state index contributed by atoms with van der Waals surface area (Å²) in [6, 6.07) is 21.7. The number of hydrogen-bond donors (Lipinski definition) is 1. The number of anilines is 1. The molecule has 0 aliphatic carbocycles. The Bertz CT molecular complexity index is 1220. The molecular weight excluding hydrogens is 390 g/mol. The van der Waals surface area contributed by atoms with Crippen LogP contribution in [-0.4, -0.2) is 18.0 Å². The van der Waals surface area contributed by atoms with Gasteiger partial charge in [-0.05, 0) is 49.2 Å². The van der Waals surface area contributed by atoms with Gasteiger partial charge in [-0.3, -0.25) is 15.0 Å². The molecule has 1 fully saturated rings. The van der Waals surface area contributed by atoms with Crippen LogP contribution >= 0.6 is 0 Å². The summed E-state index contributed by atoms with van der Waals surface area (Å²) in [7, 11) is 0. The van der Waals surface area contributed by atoms with Gasteiger partial charge in [-0.25, -0.2) is 4.79 Å². The summed E-state index contributed by atoms with van der Waals surface area (Å²) < 4.78 is 6.06. The van der Waals surface area contributed by atoms with Crippen molar-refractivity contribution in [3.05, 3.63) is 89.0 Å². The third-order valence-electron chi connectivity index (χ3n) is 5.92. The van der Waals surface area contributed by atoms with Gasteiger partial charge >= 0.3 is 6.03 Å². The Balaban J connectivity index is 1.57. The molecule has 2 aliphatic heterocycles. The van der Waals surface area contributed by atoms with Gasteiger partial charge in [0.25, 0.3) is 5.91 Å². The minimum absolute atomic E-state index is 0.107. The van der Waals surface area contributed by atoms with Gasteiger partial charge in [0.2, 0.25) is 0 Å². The van der Waals surface area contributed by atoms with Crippen LogP contribution < -0.4 is 15.0 Å². The smallest absolute Gasteiger partial charge is 0.329 e. The lowest BCUT2D eigenvalue weighted by Crippen LogP contribution is -2.37. The topological polar surface area (TPSA) is 82.4 Å². The van der Waals surface area contributed by atoms with Crippen LogP contribution in [0.1, 0.15) is 34.6 Å². The quantitative estimate of drug-likeness (QED) is 0.640. The highest BCUT2D eigenvalue weighted by atomic mass is 16.5. The number of carbonyl (C=O) groups is 2. The largest absolute Gasteiger partial charge is 0.457 e. The summed E-state index contributed by atoms with van der Waals surface area (Å²) in [6.45, 7) is 1.84. The first-order valence-corrected chi connectivity index (χ1v) is 10.1. The highest BCUT2D eigenvalue weighted by Gasteiger charge is 2.43. The number of nitriles is 1. The van der Waals surface area contributed by atoms with E-state index in [1.807, 2.05) is 55.5 Å². The Kier molecular flexibility index (Phi) is 4.45. The Morgan fingerprint density at radius 2 is 1.65 bits per heavy atom. The number of amides is 3. The zero-order valence-electron chi connectivity index (χ0n) is 16.8. The molecule has 0 aromatic heterocycles. The predicted molar refractivity (Wildman–Crippen MR) is 115 cm³/mol. The van der Waals surface area contributed by atoms with Crippen LogP contribution in [0.3, 0.4) is 0 Å². The maximum absolute atomic E-state index is 12.8. The summed E-state index contributed by atoms with van der Waals surface area (Å²) in [4.78, 5) is 27.1. The fourth-order valence-electron chi connectivity index (χ4n) is 4.48. The number of aryl methyl sites for hydroxylation is 1. The van der Waals surface area contributed by atoms with Crippen LogP contribution in [0.4, 0.5) is 10.5 Å². The van der Waals surface area contributed by atoms with Crippen molar-refractivity contribution in [2.45, 2.75) is 25.3 Å². The zero-order chi connectivity index (χ0) is 21.5. The number of hydrogen-bond acceptors (Lipinski definition) is 4. The molecule has 1 unspecified atom stereocenters. The number of para-hydroxylation sites is 2. The third-order valence-corrected chi connectivity index (χ3v) is 5.92. The molecule has 3 aromatic carbocycles. The van der Waals surface area contributed by atoms with Crippen molar-refractivity contribution in [1.82, 2.24) is 5.32 Å². The number of nitrogens with zero attached hydrogens (tertiary/aromatic N) is 2. The average Bonchev–Trinajstić information content (AvgIpc) is 3.06. The Morgan fingerprint density at radius 1 is 1.00 bits per heavy atom. The number of carbonyl (C=O) groups excluding carboxylic acids is 2. The molecule has 2 heterocycles. The number of urea groups is 1. The number of benzene rings is 3. The lowest BCUT2D eigenvalue weighted by Gasteiger charge is -2.31. The van der Waals surface area contributed by atoms with Crippen LogP contribution in [-0.2, 0) is 4.79 Å². The SMILES string of the molecule is Cc1cc(C#N)ccc1N1C(=O)NC(=O)C1CC1c2ccccc2Oc2ccccc21. The second-order valence-electron chi connectivity index (χ2n) is 7.76. The molecule has 0 spiro atoms. The first kappa shape index (κ1) is 18.9. The number of imide groups is 1. The molecule has 0 bridgehead atoms. The van der Waals surface area contributed by atoms with Gasteiger partial charge in [0, 0.05) is 22.7 Å². The molecule has 2 aliphatic rings. The normalized spacial score (nSPS) is 17.4. The minimum Gasteiger partial charge on any atom is -0.457 e. The van der Waals surface area contributed by atoms with E-state index >= 15 is 0 Å². The predicted octanol–water partition coefficient (Wildman–Crippen LogP) is 4.62. The molecular formula is C25H19N3O3. The molecule has 6 heteroatoms. The standard InChI is InChI=1S/C25H19N3O3/c1-15-12-16(14-26)10-11-20(15)28-21(24(29)27-25(28)30)13-19-17-6-2-4-8-22(17)31-23-9-5-3-7-18(19)23/h2-12,19,21H,13H2,1H3,(H,27,29,30). The molecule has 5 rings (SSSR count). The Labute approximate surface area is 179 Å². The number of nitrogens with one attached hydrogen (secondary N) is 1. The second-order valence-corrected chi connectivity index (χ2v) is 7.76. The van der Waals surface area contributed by atoms with Gasteiger partial charge in [0.05, 0.1) is 11.6 Å². The summed E-state index contributed by atoms with van der Waals surface area (Å²) in [5.41, 5.74) is 3.88. The first-order chi connectivity index (χ1) is 15.1. The number of ether oxygens (including phenoxy) is 1. The lowest BCUT2D eigenvalue weighted by molar-refractivity contribution is -0.120. The molecule has 1 atom stereocenters. The van der Waals surface area contributed by atoms with E-state index in [1.54, 1.807) is 18.2 Å². The van der Waals surface area contributed by atoms with Crippen LogP contribution in [0.2, 0.25) is 0 Å². The average molecular weight is 409 g/mol. The second kappa shape index (κ2) is 7.29. The van der Waals surface area contributed by atoms with E-state index in [0.717, 1.165) is 28.2 Å². The third kappa shape index (κ3) is 3.11. The van der Waals surface area contributed by atoms with Crippen molar-refractivity contribution < 1.29 is 14.3 Å². The zero-order valence-corrected chi connectivity index (χ0v) is 16.8. The van der Waals surface area contributed by atoms with Gasteiger partial charge in [0.1, 0.15) is 17.5 Å².